The Bertz CT molecular complexity index is 3750. The first-order valence-electron chi connectivity index (χ1n) is 24.3. The Hall–Kier alpha value is -10.6. The molecule has 0 bridgehead atoms. The van der Waals surface area contributed by atoms with Gasteiger partial charge in [0.15, 0.2) is 0 Å². The SMILES string of the molecule is C#CN1C(=O)c2c(c(-c3ccccc3)c(-c3ccc(Oc4ccc(-c5c(-c6ccccc6)c6c(c(-c7ccccc7)c5-c5ccccc5)C(=O)N(C#C)C6=O)cc4)cc3)c(-c3ccccc3)c2-c2ccccc2)C1=O. The summed E-state index contributed by atoms with van der Waals surface area (Å²) in [5.74, 6) is -1.13. The fourth-order valence-corrected chi connectivity index (χ4v) is 10.7. The van der Waals surface area contributed by atoms with Crippen molar-refractivity contribution >= 4 is 23.6 Å². The van der Waals surface area contributed by atoms with Gasteiger partial charge in [0, 0.05) is 34.3 Å². The maximum absolute atomic E-state index is 14.5. The predicted molar refractivity (Wildman–Crippen MR) is 295 cm³/mol. The van der Waals surface area contributed by atoms with Crippen molar-refractivity contribution in [2.24, 2.45) is 0 Å². The number of hydrogen-bond acceptors (Lipinski definition) is 5. The Labute approximate surface area is 433 Å². The maximum atomic E-state index is 14.5. The van der Waals surface area contributed by atoms with Gasteiger partial charge in [-0.2, -0.15) is 9.80 Å². The van der Waals surface area contributed by atoms with Crippen LogP contribution in [0, 0.1) is 24.9 Å². The molecular formula is C68H40N2O5. The molecule has 2 aliphatic heterocycles. The smallest absolute Gasteiger partial charge is 0.274 e. The molecule has 7 nitrogen and oxygen atoms in total. The Morgan fingerprint density at radius 1 is 0.240 bits per heavy atom. The number of terminal acetylenes is 2. The summed E-state index contributed by atoms with van der Waals surface area (Å²) in [6.45, 7) is 0. The Morgan fingerprint density at radius 3 is 0.600 bits per heavy atom. The third-order valence-electron chi connectivity index (χ3n) is 13.8. The summed E-state index contributed by atoms with van der Waals surface area (Å²) >= 11 is 0. The maximum Gasteiger partial charge on any atom is 0.274 e. The zero-order valence-corrected chi connectivity index (χ0v) is 40.0. The van der Waals surface area contributed by atoms with Gasteiger partial charge in [0.1, 0.15) is 11.5 Å². The van der Waals surface area contributed by atoms with Crippen molar-refractivity contribution < 1.29 is 23.9 Å². The van der Waals surface area contributed by atoms with Gasteiger partial charge in [-0.1, -0.05) is 219 Å². The van der Waals surface area contributed by atoms with E-state index in [2.05, 4.69) is 12.1 Å². The second kappa shape index (κ2) is 18.9. The number of carbonyl (C=O) groups is 4. The Kier molecular flexibility index (Phi) is 11.5. The third-order valence-corrected chi connectivity index (χ3v) is 13.8. The van der Waals surface area contributed by atoms with Crippen LogP contribution in [0.4, 0.5) is 0 Å². The highest BCUT2D eigenvalue weighted by molar-refractivity contribution is 6.32. The molecule has 352 valence electrons. The second-order valence-corrected chi connectivity index (χ2v) is 18.0. The Morgan fingerprint density at radius 2 is 0.413 bits per heavy atom. The molecule has 0 unspecified atom stereocenters. The van der Waals surface area contributed by atoms with Crippen molar-refractivity contribution in [3.63, 3.8) is 0 Å². The highest BCUT2D eigenvalue weighted by Gasteiger charge is 2.44. The topological polar surface area (TPSA) is 84.0 Å². The van der Waals surface area contributed by atoms with Crippen LogP contribution >= 0.6 is 0 Å². The van der Waals surface area contributed by atoms with Crippen LogP contribution in [0.1, 0.15) is 41.4 Å². The van der Waals surface area contributed by atoms with Crippen LogP contribution in [0.5, 0.6) is 11.5 Å². The van der Waals surface area contributed by atoms with Crippen LogP contribution in [-0.2, 0) is 0 Å². The number of imide groups is 2. The number of ether oxygens (including phenoxy) is 1. The molecule has 10 aromatic rings. The molecule has 0 atom stereocenters. The highest BCUT2D eigenvalue weighted by Crippen LogP contribution is 2.54. The van der Waals surface area contributed by atoms with Crippen LogP contribution in [0.3, 0.4) is 0 Å². The third kappa shape index (κ3) is 7.59. The van der Waals surface area contributed by atoms with E-state index in [0.29, 0.717) is 33.8 Å². The molecule has 0 spiro atoms. The fourth-order valence-electron chi connectivity index (χ4n) is 10.7. The number of benzene rings is 10. The summed E-state index contributed by atoms with van der Waals surface area (Å²) in [6, 6.07) is 78.3. The van der Waals surface area contributed by atoms with E-state index >= 15 is 0 Å². The molecule has 0 fully saturated rings. The van der Waals surface area contributed by atoms with Crippen molar-refractivity contribution in [1.82, 2.24) is 9.80 Å². The summed E-state index contributed by atoms with van der Waals surface area (Å²) in [4.78, 5) is 59.5. The minimum Gasteiger partial charge on any atom is -0.457 e. The summed E-state index contributed by atoms with van der Waals surface area (Å²) in [5.41, 5.74) is 12.7. The van der Waals surface area contributed by atoms with E-state index in [1.807, 2.05) is 231 Å². The van der Waals surface area contributed by atoms with Crippen molar-refractivity contribution in [3.05, 3.63) is 253 Å². The van der Waals surface area contributed by atoms with Crippen LogP contribution in [0.15, 0.2) is 231 Å². The molecule has 0 saturated carbocycles. The quantitative estimate of drug-likeness (QED) is 0.101. The average molecular weight is 965 g/mol. The van der Waals surface area contributed by atoms with Gasteiger partial charge >= 0.3 is 0 Å². The second-order valence-electron chi connectivity index (χ2n) is 18.0. The first-order valence-corrected chi connectivity index (χ1v) is 24.3. The van der Waals surface area contributed by atoms with Crippen molar-refractivity contribution in [2.75, 3.05) is 0 Å². The summed E-state index contributed by atoms with van der Waals surface area (Å²) in [7, 11) is 0. The number of amides is 4. The van der Waals surface area contributed by atoms with Crippen LogP contribution in [0.25, 0.3) is 89.0 Å². The monoisotopic (exact) mass is 964 g/mol. The van der Waals surface area contributed by atoms with E-state index in [1.165, 1.54) is 0 Å². The lowest BCUT2D eigenvalue weighted by Gasteiger charge is -2.24. The number of rotatable bonds is 10. The van der Waals surface area contributed by atoms with E-state index in [1.54, 1.807) is 0 Å². The van der Waals surface area contributed by atoms with Crippen LogP contribution < -0.4 is 4.74 Å². The lowest BCUT2D eigenvalue weighted by atomic mass is 9.77. The van der Waals surface area contributed by atoms with E-state index in [4.69, 9.17) is 17.6 Å². The molecule has 10 aromatic carbocycles. The first kappa shape index (κ1) is 45.5. The fraction of sp³-hybridized carbons (Fsp3) is 0. The van der Waals surface area contributed by atoms with Gasteiger partial charge in [-0.25, -0.2) is 0 Å². The number of hydrogen-bond donors (Lipinski definition) is 0. The molecule has 0 aliphatic carbocycles. The van der Waals surface area contributed by atoms with Gasteiger partial charge in [-0.05, 0) is 91.0 Å². The predicted octanol–water partition coefficient (Wildman–Crippen LogP) is 15.2. The van der Waals surface area contributed by atoms with Gasteiger partial charge in [0.2, 0.25) is 0 Å². The van der Waals surface area contributed by atoms with Gasteiger partial charge in [-0.3, -0.25) is 19.2 Å². The minimum absolute atomic E-state index is 0.243. The van der Waals surface area contributed by atoms with Gasteiger partial charge in [0.05, 0.1) is 22.3 Å². The van der Waals surface area contributed by atoms with Gasteiger partial charge in [0.25, 0.3) is 23.6 Å². The molecule has 75 heavy (non-hydrogen) atoms. The van der Waals surface area contributed by atoms with Gasteiger partial charge in [-0.15, -0.1) is 0 Å². The normalized spacial score (nSPS) is 12.6. The van der Waals surface area contributed by atoms with Crippen LogP contribution in [0.2, 0.25) is 0 Å². The number of carbonyl (C=O) groups excluding carboxylic acids is 4. The first-order chi connectivity index (χ1) is 36.9. The van der Waals surface area contributed by atoms with Crippen LogP contribution in [-0.4, -0.2) is 33.4 Å². The lowest BCUT2D eigenvalue weighted by Crippen LogP contribution is -2.24. The lowest BCUT2D eigenvalue weighted by molar-refractivity contribution is 0.0719. The summed E-state index contributed by atoms with van der Waals surface area (Å²) in [6.07, 6.45) is 11.8. The molecule has 0 saturated heterocycles. The standard InChI is InChI=1S/C68H40N2O5/c1-3-69-65(71)61-57(45-27-15-7-16-28-45)53(43-23-11-5-12-24-43)55(59(63(61)67(69)73)47-31-19-9-20-32-47)49-35-39-51(40-36-49)75-52-41-37-50(38-42-52)56-54(44-25-13-6-14-26-44)58(46-29-17-8-18-30-46)62-64(68(74)70(4-2)66(62)72)60(56)48-33-21-10-22-34-48/h1-2,5-42H. The summed E-state index contributed by atoms with van der Waals surface area (Å²) < 4.78 is 6.62. The van der Waals surface area contributed by atoms with E-state index in [-0.39, 0.29) is 22.3 Å². The van der Waals surface area contributed by atoms with E-state index < -0.39 is 23.6 Å². The van der Waals surface area contributed by atoms with Crippen molar-refractivity contribution in [3.8, 4) is 125 Å². The number of fused-ring (bicyclic) bond motifs is 2. The molecule has 0 N–H and O–H groups in total. The Balaban J connectivity index is 1.02. The highest BCUT2D eigenvalue weighted by atomic mass is 16.5. The van der Waals surface area contributed by atoms with E-state index in [0.717, 1.165) is 76.6 Å². The average Bonchev–Trinajstić information content (AvgIpc) is 3.89. The molecule has 4 amide bonds. The molecule has 12 rings (SSSR count). The van der Waals surface area contributed by atoms with Crippen molar-refractivity contribution in [1.29, 1.82) is 0 Å². The summed E-state index contributed by atoms with van der Waals surface area (Å²) in [5, 5.41) is 0. The molecule has 0 aromatic heterocycles. The largest absolute Gasteiger partial charge is 0.457 e. The zero-order chi connectivity index (χ0) is 51.2. The van der Waals surface area contributed by atoms with Crippen molar-refractivity contribution in [2.45, 2.75) is 0 Å². The molecular weight excluding hydrogens is 925 g/mol. The van der Waals surface area contributed by atoms with E-state index in [9.17, 15) is 19.2 Å². The molecule has 7 heteroatoms. The number of nitrogens with zero attached hydrogens (tertiary/aromatic N) is 2. The minimum atomic E-state index is -0.560. The molecule has 2 aliphatic rings. The molecule has 2 heterocycles. The zero-order valence-electron chi connectivity index (χ0n) is 40.0. The van der Waals surface area contributed by atoms with Gasteiger partial charge < -0.3 is 4.74 Å². The molecule has 0 radical (unpaired) electrons.